The topological polar surface area (TPSA) is 65.1 Å². The molecule has 0 aliphatic carbocycles. The number of fused-ring (bicyclic) bond motifs is 2. The molecule has 2 aromatic carbocycles. The second-order valence-corrected chi connectivity index (χ2v) is 7.96. The molecule has 0 radical (unpaired) electrons. The second kappa shape index (κ2) is 7.03. The van der Waals surface area contributed by atoms with Crippen LogP contribution in [0, 0.1) is 12.7 Å². The summed E-state index contributed by atoms with van der Waals surface area (Å²) in [5.41, 5.74) is 2.94. The minimum absolute atomic E-state index is 0.186. The normalized spacial score (nSPS) is 11.4. The number of rotatable bonds is 3. The molecule has 5 nitrogen and oxygen atoms in total. The Morgan fingerprint density at radius 1 is 1.10 bits per heavy atom. The van der Waals surface area contributed by atoms with E-state index in [1.54, 1.807) is 18.2 Å². The number of nitrogens with zero attached hydrogens (tertiary/aromatic N) is 2. The molecule has 0 N–H and O–H groups in total. The number of thiophene rings is 1. The molecule has 0 spiro atoms. The van der Waals surface area contributed by atoms with Crippen molar-refractivity contribution in [1.82, 2.24) is 9.55 Å². The highest BCUT2D eigenvalue weighted by atomic mass is 32.1. The zero-order valence-electron chi connectivity index (χ0n) is 15.9. The first-order valence-corrected chi connectivity index (χ1v) is 10.1. The molecule has 0 saturated carbocycles. The average molecular weight is 418 g/mol. The molecular weight excluding hydrogens is 403 g/mol. The minimum atomic E-state index is -0.465. The lowest BCUT2D eigenvalue weighted by atomic mass is 10.1. The van der Waals surface area contributed by atoms with Gasteiger partial charge in [-0.2, -0.15) is 0 Å². The minimum Gasteiger partial charge on any atom is -0.423 e. The number of halogens is 1. The Balaban J connectivity index is 1.66. The summed E-state index contributed by atoms with van der Waals surface area (Å²) in [6, 6.07) is 13.0. The van der Waals surface area contributed by atoms with E-state index in [4.69, 9.17) is 4.42 Å². The van der Waals surface area contributed by atoms with Crippen LogP contribution in [-0.2, 0) is 6.54 Å². The van der Waals surface area contributed by atoms with Crippen molar-refractivity contribution in [3.8, 4) is 11.1 Å². The molecule has 5 aromatic rings. The van der Waals surface area contributed by atoms with E-state index >= 15 is 0 Å². The third kappa shape index (κ3) is 3.13. The number of aryl methyl sites for hydroxylation is 1. The Morgan fingerprint density at radius 3 is 2.70 bits per heavy atom. The summed E-state index contributed by atoms with van der Waals surface area (Å²) in [7, 11) is 0. The van der Waals surface area contributed by atoms with E-state index in [1.165, 1.54) is 40.4 Å². The number of hydrogen-bond acceptors (Lipinski definition) is 5. The highest BCUT2D eigenvalue weighted by molar-refractivity contribution is 7.17. The van der Waals surface area contributed by atoms with Gasteiger partial charge in [-0.25, -0.2) is 14.2 Å². The standard InChI is InChI=1S/C23H15FN2O3S/c1-13-2-7-17-15(9-20(27)29-19(17)8-13)10-26-12-25-22-21(23(26)28)18(11-30-22)14-3-5-16(24)6-4-14/h2-9,11-12H,10H2,1H3. The third-order valence-corrected chi connectivity index (χ3v) is 5.93. The lowest BCUT2D eigenvalue weighted by Gasteiger charge is -2.09. The first-order valence-electron chi connectivity index (χ1n) is 9.25. The maximum atomic E-state index is 13.3. The largest absolute Gasteiger partial charge is 0.423 e. The third-order valence-electron chi connectivity index (χ3n) is 5.04. The van der Waals surface area contributed by atoms with Crippen molar-refractivity contribution in [2.24, 2.45) is 0 Å². The van der Waals surface area contributed by atoms with Gasteiger partial charge in [-0.15, -0.1) is 11.3 Å². The molecule has 0 amide bonds. The Labute approximate surface area is 173 Å². The SMILES string of the molecule is Cc1ccc2c(Cn3cnc4scc(-c5ccc(F)cc5)c4c3=O)cc(=O)oc2c1. The summed E-state index contributed by atoms with van der Waals surface area (Å²) in [6.07, 6.45) is 1.49. The molecule has 30 heavy (non-hydrogen) atoms. The van der Waals surface area contributed by atoms with E-state index in [-0.39, 0.29) is 17.9 Å². The van der Waals surface area contributed by atoms with E-state index in [0.29, 0.717) is 21.4 Å². The Kier molecular flexibility index (Phi) is 4.33. The molecule has 148 valence electrons. The van der Waals surface area contributed by atoms with Gasteiger partial charge in [0.15, 0.2) is 0 Å². The Hall–Kier alpha value is -3.58. The van der Waals surface area contributed by atoms with Crippen LogP contribution in [0.3, 0.4) is 0 Å². The predicted molar refractivity (Wildman–Crippen MR) is 116 cm³/mol. The van der Waals surface area contributed by atoms with Gasteiger partial charge in [-0.1, -0.05) is 24.3 Å². The highest BCUT2D eigenvalue weighted by Gasteiger charge is 2.15. The summed E-state index contributed by atoms with van der Waals surface area (Å²) in [5.74, 6) is -0.334. The fraction of sp³-hybridized carbons (Fsp3) is 0.0870. The van der Waals surface area contributed by atoms with Crippen molar-refractivity contribution < 1.29 is 8.81 Å². The van der Waals surface area contributed by atoms with Crippen LogP contribution in [0.1, 0.15) is 11.1 Å². The molecule has 7 heteroatoms. The summed E-state index contributed by atoms with van der Waals surface area (Å²) >= 11 is 1.37. The zero-order chi connectivity index (χ0) is 20.8. The number of hydrogen-bond donors (Lipinski definition) is 0. The van der Waals surface area contributed by atoms with Gasteiger partial charge in [0, 0.05) is 22.4 Å². The molecule has 3 heterocycles. The lowest BCUT2D eigenvalue weighted by Crippen LogP contribution is -2.21. The van der Waals surface area contributed by atoms with Gasteiger partial charge in [-0.05, 0) is 41.8 Å². The van der Waals surface area contributed by atoms with Crippen LogP contribution in [0.25, 0.3) is 32.3 Å². The molecule has 0 saturated heterocycles. The molecule has 0 bridgehead atoms. The van der Waals surface area contributed by atoms with Crippen LogP contribution in [-0.4, -0.2) is 9.55 Å². The summed E-state index contributed by atoms with van der Waals surface area (Å²) in [6.45, 7) is 2.10. The number of aromatic nitrogens is 2. The van der Waals surface area contributed by atoms with Gasteiger partial charge in [0.2, 0.25) is 0 Å². The van der Waals surface area contributed by atoms with E-state index in [2.05, 4.69) is 4.98 Å². The van der Waals surface area contributed by atoms with E-state index < -0.39 is 5.63 Å². The van der Waals surface area contributed by atoms with Gasteiger partial charge in [0.25, 0.3) is 5.56 Å². The number of benzene rings is 2. The van der Waals surface area contributed by atoms with Gasteiger partial charge < -0.3 is 4.42 Å². The first-order chi connectivity index (χ1) is 14.5. The molecule has 0 unspecified atom stereocenters. The van der Waals surface area contributed by atoms with Crippen molar-refractivity contribution in [2.45, 2.75) is 13.5 Å². The van der Waals surface area contributed by atoms with E-state index in [1.807, 2.05) is 24.4 Å². The van der Waals surface area contributed by atoms with E-state index in [0.717, 1.165) is 22.1 Å². The molecule has 0 aliphatic rings. The van der Waals surface area contributed by atoms with E-state index in [9.17, 15) is 14.0 Å². The van der Waals surface area contributed by atoms with Gasteiger partial charge in [0.1, 0.15) is 16.2 Å². The summed E-state index contributed by atoms with van der Waals surface area (Å²) < 4.78 is 20.1. The average Bonchev–Trinajstić information content (AvgIpc) is 3.15. The zero-order valence-corrected chi connectivity index (χ0v) is 16.7. The van der Waals surface area contributed by atoms with Crippen LogP contribution in [0.4, 0.5) is 4.39 Å². The molecule has 5 rings (SSSR count). The second-order valence-electron chi connectivity index (χ2n) is 7.10. The van der Waals surface area contributed by atoms with Crippen molar-refractivity contribution in [3.05, 3.63) is 98.0 Å². The maximum Gasteiger partial charge on any atom is 0.336 e. The molecular formula is C23H15FN2O3S. The smallest absolute Gasteiger partial charge is 0.336 e. The van der Waals surface area contributed by atoms with Crippen LogP contribution in [0.2, 0.25) is 0 Å². The van der Waals surface area contributed by atoms with Crippen molar-refractivity contribution in [1.29, 1.82) is 0 Å². The monoisotopic (exact) mass is 418 g/mol. The van der Waals surface area contributed by atoms with Crippen LogP contribution in [0.15, 0.2) is 74.2 Å². The summed E-state index contributed by atoms with van der Waals surface area (Å²) in [4.78, 5) is 30.4. The summed E-state index contributed by atoms with van der Waals surface area (Å²) in [5, 5.41) is 3.11. The highest BCUT2D eigenvalue weighted by Crippen LogP contribution is 2.30. The molecule has 3 aromatic heterocycles. The van der Waals surface area contributed by atoms with Crippen molar-refractivity contribution in [3.63, 3.8) is 0 Å². The molecule has 0 fully saturated rings. The molecule has 0 aliphatic heterocycles. The van der Waals surface area contributed by atoms with Gasteiger partial charge in [0.05, 0.1) is 18.3 Å². The maximum absolute atomic E-state index is 13.3. The quantitative estimate of drug-likeness (QED) is 0.398. The van der Waals surface area contributed by atoms with Crippen LogP contribution < -0.4 is 11.2 Å². The Morgan fingerprint density at radius 2 is 1.90 bits per heavy atom. The predicted octanol–water partition coefficient (Wildman–Crippen LogP) is 4.73. The fourth-order valence-corrected chi connectivity index (χ4v) is 4.48. The fourth-order valence-electron chi connectivity index (χ4n) is 3.57. The van der Waals surface area contributed by atoms with Gasteiger partial charge in [-0.3, -0.25) is 9.36 Å². The van der Waals surface area contributed by atoms with Crippen molar-refractivity contribution in [2.75, 3.05) is 0 Å². The lowest BCUT2D eigenvalue weighted by molar-refractivity contribution is 0.557. The van der Waals surface area contributed by atoms with Crippen LogP contribution >= 0.6 is 11.3 Å². The Bertz CT molecular complexity index is 1530. The van der Waals surface area contributed by atoms with Crippen LogP contribution in [0.5, 0.6) is 0 Å². The molecule has 0 atom stereocenters. The van der Waals surface area contributed by atoms with Gasteiger partial charge >= 0.3 is 5.63 Å². The van der Waals surface area contributed by atoms with Crippen molar-refractivity contribution >= 4 is 32.5 Å². The first kappa shape index (κ1) is 18.4.